The summed E-state index contributed by atoms with van der Waals surface area (Å²) in [6, 6.07) is 5.20. The number of benzene rings is 1. The monoisotopic (exact) mass is 398 g/mol. The summed E-state index contributed by atoms with van der Waals surface area (Å²) in [6.45, 7) is 0.806. The maximum Gasteiger partial charge on any atom is 0.305 e. The number of carbonyl (C=O) groups excluding carboxylic acids is 2. The number of amides is 2. The Balaban J connectivity index is 1.66. The van der Waals surface area contributed by atoms with Gasteiger partial charge in [0, 0.05) is 29.6 Å². The van der Waals surface area contributed by atoms with E-state index in [1.54, 1.807) is 18.2 Å². The van der Waals surface area contributed by atoms with Crippen LogP contribution in [0.1, 0.15) is 25.7 Å². The fraction of sp³-hybridized carbons (Fsp3) is 0.471. The summed E-state index contributed by atoms with van der Waals surface area (Å²) in [5.74, 6) is -1.57. The average molecular weight is 399 g/mol. The molecule has 0 aromatic heterocycles. The summed E-state index contributed by atoms with van der Waals surface area (Å²) in [4.78, 5) is 36.8. The molecular formula is C17H19ClN2O5S. The molecule has 0 radical (unpaired) electrons. The van der Waals surface area contributed by atoms with Gasteiger partial charge < -0.3 is 20.5 Å². The minimum atomic E-state index is -0.970. The van der Waals surface area contributed by atoms with Crippen molar-refractivity contribution < 1.29 is 24.2 Å². The lowest BCUT2D eigenvalue weighted by Crippen LogP contribution is -2.54. The lowest BCUT2D eigenvalue weighted by Gasteiger charge is -2.37. The SMILES string of the molecule is O=C(O)CC1(NC(=O)CC2Sc3ccc(Cl)cc3NC2=O)CCOCC1. The molecule has 9 heteroatoms. The third kappa shape index (κ3) is 4.49. The van der Waals surface area contributed by atoms with Gasteiger partial charge in [-0.3, -0.25) is 14.4 Å². The first kappa shape index (κ1) is 19.0. The number of ether oxygens (including phenoxy) is 1. The quantitative estimate of drug-likeness (QED) is 0.702. The van der Waals surface area contributed by atoms with Crippen molar-refractivity contribution >= 4 is 46.8 Å². The largest absolute Gasteiger partial charge is 0.481 e. The van der Waals surface area contributed by atoms with Gasteiger partial charge in [-0.1, -0.05) is 11.6 Å². The lowest BCUT2D eigenvalue weighted by atomic mass is 9.86. The van der Waals surface area contributed by atoms with Gasteiger partial charge in [-0.2, -0.15) is 0 Å². The maximum atomic E-state index is 12.5. The van der Waals surface area contributed by atoms with E-state index >= 15 is 0 Å². The Labute approximate surface area is 159 Å². The number of fused-ring (bicyclic) bond motifs is 1. The van der Waals surface area contributed by atoms with Gasteiger partial charge >= 0.3 is 5.97 Å². The second-order valence-electron chi connectivity index (χ2n) is 6.45. The van der Waals surface area contributed by atoms with Gasteiger partial charge in [0.2, 0.25) is 11.8 Å². The number of anilines is 1. The highest BCUT2D eigenvalue weighted by Crippen LogP contribution is 2.38. The van der Waals surface area contributed by atoms with Crippen LogP contribution < -0.4 is 10.6 Å². The van der Waals surface area contributed by atoms with E-state index in [2.05, 4.69) is 10.6 Å². The fourth-order valence-corrected chi connectivity index (χ4v) is 4.43. The van der Waals surface area contributed by atoms with Gasteiger partial charge in [-0.05, 0) is 31.0 Å². The number of halogens is 1. The highest BCUT2D eigenvalue weighted by atomic mass is 35.5. The van der Waals surface area contributed by atoms with E-state index in [0.717, 1.165) is 4.90 Å². The molecular weight excluding hydrogens is 380 g/mol. The van der Waals surface area contributed by atoms with Crippen molar-refractivity contribution in [3.8, 4) is 0 Å². The molecule has 3 N–H and O–H groups in total. The summed E-state index contributed by atoms with van der Waals surface area (Å²) < 4.78 is 5.28. The Bertz CT molecular complexity index is 736. The Morgan fingerprint density at radius 2 is 2.12 bits per heavy atom. The van der Waals surface area contributed by atoms with Gasteiger partial charge in [0.05, 0.1) is 22.9 Å². The normalized spacial score (nSPS) is 21.4. The fourth-order valence-electron chi connectivity index (χ4n) is 3.17. The van der Waals surface area contributed by atoms with E-state index in [0.29, 0.717) is 36.8 Å². The van der Waals surface area contributed by atoms with E-state index in [-0.39, 0.29) is 24.7 Å². The van der Waals surface area contributed by atoms with Crippen LogP contribution in [0.2, 0.25) is 5.02 Å². The number of nitrogens with one attached hydrogen (secondary N) is 2. The number of hydrogen-bond acceptors (Lipinski definition) is 5. The summed E-state index contributed by atoms with van der Waals surface area (Å²) in [5.41, 5.74) is -0.182. The molecule has 1 aromatic rings. The summed E-state index contributed by atoms with van der Waals surface area (Å²) in [6.07, 6.45) is 0.695. The highest BCUT2D eigenvalue weighted by molar-refractivity contribution is 8.01. The van der Waals surface area contributed by atoms with Gasteiger partial charge in [-0.15, -0.1) is 11.8 Å². The van der Waals surface area contributed by atoms with Crippen molar-refractivity contribution in [2.24, 2.45) is 0 Å². The standard InChI is InChI=1S/C17H19ClN2O5S/c18-10-1-2-12-11(7-10)19-16(24)13(26-12)8-14(21)20-17(9-15(22)23)3-5-25-6-4-17/h1-2,7,13H,3-6,8-9H2,(H,19,24)(H,20,21)(H,22,23). The molecule has 0 aliphatic carbocycles. The third-order valence-electron chi connectivity index (χ3n) is 4.48. The smallest absolute Gasteiger partial charge is 0.305 e. The number of hydrogen-bond donors (Lipinski definition) is 3. The minimum absolute atomic E-state index is 0.0270. The number of carboxylic acid groups (broad SMARTS) is 1. The number of carboxylic acids is 1. The maximum absolute atomic E-state index is 12.5. The molecule has 26 heavy (non-hydrogen) atoms. The predicted molar refractivity (Wildman–Crippen MR) is 97.5 cm³/mol. The van der Waals surface area contributed by atoms with Crippen LogP contribution in [0.3, 0.4) is 0 Å². The van der Waals surface area contributed by atoms with E-state index in [1.807, 2.05) is 0 Å². The van der Waals surface area contributed by atoms with Gasteiger partial charge in [-0.25, -0.2) is 0 Å². The Morgan fingerprint density at radius 1 is 1.38 bits per heavy atom. The average Bonchev–Trinajstić information content (AvgIpc) is 2.55. The molecule has 1 fully saturated rings. The molecule has 0 spiro atoms. The van der Waals surface area contributed by atoms with Gasteiger partial charge in [0.1, 0.15) is 0 Å². The molecule has 2 aliphatic rings. The van der Waals surface area contributed by atoms with Crippen LogP contribution >= 0.6 is 23.4 Å². The Hall–Kier alpha value is -1.77. The molecule has 7 nitrogen and oxygen atoms in total. The minimum Gasteiger partial charge on any atom is -0.481 e. The predicted octanol–water partition coefficient (Wildman–Crippen LogP) is 2.28. The van der Waals surface area contributed by atoms with Crippen LogP contribution in [0.25, 0.3) is 0 Å². The molecule has 1 aromatic carbocycles. The van der Waals surface area contributed by atoms with Crippen LogP contribution in [0.5, 0.6) is 0 Å². The van der Waals surface area contributed by atoms with Crippen molar-refractivity contribution in [3.05, 3.63) is 23.2 Å². The molecule has 0 bridgehead atoms. The summed E-state index contributed by atoms with van der Waals surface area (Å²) in [7, 11) is 0. The summed E-state index contributed by atoms with van der Waals surface area (Å²) in [5, 5.41) is 14.7. The second-order valence-corrected chi connectivity index (χ2v) is 8.13. The van der Waals surface area contributed by atoms with Crippen LogP contribution in [-0.4, -0.2) is 46.9 Å². The second kappa shape index (κ2) is 7.85. The molecule has 2 aliphatic heterocycles. The first-order chi connectivity index (χ1) is 12.4. The summed E-state index contributed by atoms with van der Waals surface area (Å²) >= 11 is 7.23. The topological polar surface area (TPSA) is 105 Å². The molecule has 2 amide bonds. The lowest BCUT2D eigenvalue weighted by molar-refractivity contribution is -0.140. The van der Waals surface area contributed by atoms with Crippen LogP contribution in [-0.2, 0) is 19.1 Å². The van der Waals surface area contributed by atoms with Crippen LogP contribution in [0, 0.1) is 0 Å². The Kier molecular flexibility index (Phi) is 5.74. The highest BCUT2D eigenvalue weighted by Gasteiger charge is 2.38. The van der Waals surface area contributed by atoms with Crippen LogP contribution in [0.15, 0.2) is 23.1 Å². The number of rotatable bonds is 5. The van der Waals surface area contributed by atoms with Gasteiger partial charge in [0.15, 0.2) is 0 Å². The van der Waals surface area contributed by atoms with Crippen molar-refractivity contribution in [1.29, 1.82) is 0 Å². The molecule has 1 saturated heterocycles. The zero-order valence-corrected chi connectivity index (χ0v) is 15.5. The van der Waals surface area contributed by atoms with E-state index < -0.39 is 16.8 Å². The molecule has 1 unspecified atom stereocenters. The van der Waals surface area contributed by atoms with Gasteiger partial charge in [0.25, 0.3) is 0 Å². The number of thioether (sulfide) groups is 1. The molecule has 2 heterocycles. The van der Waals surface area contributed by atoms with Crippen molar-refractivity contribution in [3.63, 3.8) is 0 Å². The molecule has 0 saturated carbocycles. The third-order valence-corrected chi connectivity index (χ3v) is 5.99. The molecule has 1 atom stereocenters. The molecule has 140 valence electrons. The van der Waals surface area contributed by atoms with E-state index in [1.165, 1.54) is 11.8 Å². The van der Waals surface area contributed by atoms with E-state index in [9.17, 15) is 14.4 Å². The van der Waals surface area contributed by atoms with Crippen molar-refractivity contribution in [2.75, 3.05) is 18.5 Å². The number of carbonyl (C=O) groups is 3. The zero-order chi connectivity index (χ0) is 18.7. The van der Waals surface area contributed by atoms with E-state index in [4.69, 9.17) is 21.4 Å². The zero-order valence-electron chi connectivity index (χ0n) is 13.9. The number of aliphatic carboxylic acids is 1. The van der Waals surface area contributed by atoms with Crippen molar-refractivity contribution in [2.45, 2.75) is 41.4 Å². The van der Waals surface area contributed by atoms with Crippen molar-refractivity contribution in [1.82, 2.24) is 5.32 Å². The van der Waals surface area contributed by atoms with Crippen LogP contribution in [0.4, 0.5) is 5.69 Å². The first-order valence-corrected chi connectivity index (χ1v) is 9.50. The molecule has 3 rings (SSSR count). The Morgan fingerprint density at radius 3 is 2.81 bits per heavy atom. The first-order valence-electron chi connectivity index (χ1n) is 8.24.